The third-order valence-electron chi connectivity index (χ3n) is 2.90. The van der Waals surface area contributed by atoms with Crippen LogP contribution in [0.5, 0.6) is 0 Å². The van der Waals surface area contributed by atoms with Crippen LogP contribution in [0.4, 0.5) is 34.5 Å². The fourth-order valence-corrected chi connectivity index (χ4v) is 5.43. The van der Waals surface area contributed by atoms with E-state index in [1.54, 1.807) is 0 Å². The minimum absolute atomic E-state index is 0.542. The number of terminal acetylenes is 2. The van der Waals surface area contributed by atoms with E-state index in [9.17, 15) is 34.5 Å². The molecule has 0 unspecified atom stereocenters. The molecule has 2 aromatic rings. The zero-order valence-corrected chi connectivity index (χ0v) is 26.3. The first kappa shape index (κ1) is 36.1. The van der Waals surface area contributed by atoms with Crippen molar-refractivity contribution < 1.29 is 43.7 Å². The topological polar surface area (TPSA) is 17.6 Å². The molecule has 0 N–H and O–H groups in total. The zero-order valence-electron chi connectivity index (χ0n) is 16.8. The van der Waals surface area contributed by atoms with Gasteiger partial charge in [0, 0.05) is 95.6 Å². The summed E-state index contributed by atoms with van der Waals surface area (Å²) in [6.07, 6.45) is 10.4. The van der Waals surface area contributed by atoms with Gasteiger partial charge >= 0.3 is 24.0 Å². The molecule has 192 valence electrons. The van der Waals surface area contributed by atoms with E-state index in [-0.39, 0.29) is 0 Å². The van der Waals surface area contributed by atoms with E-state index in [2.05, 4.69) is 107 Å². The second-order valence-corrected chi connectivity index (χ2v) is 9.81. The Balaban J connectivity index is 0. The second-order valence-electron chi connectivity index (χ2n) is 5.39. The van der Waals surface area contributed by atoms with Crippen LogP contribution in [-0.4, -0.2) is 23.6 Å². The van der Waals surface area contributed by atoms with E-state index < -0.39 is 14.5 Å². The highest BCUT2D eigenvalue weighted by Crippen LogP contribution is 2.25. The van der Waals surface area contributed by atoms with Gasteiger partial charge in [-0.05, 0) is 0 Å². The lowest BCUT2D eigenvalue weighted by Crippen LogP contribution is -2.29. The van der Waals surface area contributed by atoms with Gasteiger partial charge in [0.15, 0.2) is 13.1 Å². The normalized spacial score (nSPS) is 10.5. The molecule has 0 bridgehead atoms. The van der Waals surface area contributed by atoms with Crippen LogP contribution in [0.1, 0.15) is 0 Å². The molecule has 0 atom stereocenters. The van der Waals surface area contributed by atoms with E-state index in [0.29, 0.717) is 13.1 Å². The van der Waals surface area contributed by atoms with Crippen LogP contribution in [0, 0.1) is 24.7 Å². The standard InChI is InChI=1S/2C7H6Br3N2.2BF4/c2*1-3-4-12-6(9)5(8)11(2)7(12)10;2*2-1(3,4)5/h2*1H,4H2,2H3;;/q2*+1;2*-1. The van der Waals surface area contributed by atoms with Crippen molar-refractivity contribution in [3.05, 3.63) is 27.9 Å². The van der Waals surface area contributed by atoms with Gasteiger partial charge in [-0.25, -0.2) is 9.13 Å². The fraction of sp³-hybridized carbons (Fsp3) is 0.286. The number of halogens is 14. The maximum atomic E-state index is 9.75. The van der Waals surface area contributed by atoms with Gasteiger partial charge in [-0.2, -0.15) is 9.13 Å². The Morgan fingerprint density at radius 2 is 0.853 bits per heavy atom. The molecular weight excluding hydrogens is 877 g/mol. The van der Waals surface area contributed by atoms with Crippen molar-refractivity contribution in [2.24, 2.45) is 14.1 Å². The highest BCUT2D eigenvalue weighted by Gasteiger charge is 2.23. The third-order valence-corrected chi connectivity index (χ3v) is 9.31. The summed E-state index contributed by atoms with van der Waals surface area (Å²) in [6, 6.07) is 0. The van der Waals surface area contributed by atoms with Gasteiger partial charge in [0.25, 0.3) is 0 Å². The highest BCUT2D eigenvalue weighted by atomic mass is 79.9. The number of aromatic nitrogens is 4. The van der Waals surface area contributed by atoms with Gasteiger partial charge in [-0.15, -0.1) is 12.8 Å². The number of hydrogen-bond acceptors (Lipinski definition) is 0. The van der Waals surface area contributed by atoms with Crippen molar-refractivity contribution in [2.75, 3.05) is 0 Å². The molecule has 0 spiro atoms. The smallest absolute Gasteiger partial charge is 0.418 e. The fourth-order valence-electron chi connectivity index (χ4n) is 1.64. The van der Waals surface area contributed by atoms with Crippen LogP contribution in [0.2, 0.25) is 0 Å². The molecule has 0 saturated carbocycles. The van der Waals surface area contributed by atoms with Crippen molar-refractivity contribution in [3.8, 4) is 24.7 Å². The SMILES string of the molecule is C#CCn1c(Br)c(Br)[n+](C)c1Br.C#CCn1c(Br)c(Br)[n+](C)c1Br.F[B-](F)(F)F.F[B-](F)(F)F. The minimum Gasteiger partial charge on any atom is -0.418 e. The average Bonchev–Trinajstić information content (AvgIpc) is 2.96. The van der Waals surface area contributed by atoms with Crippen LogP contribution < -0.4 is 9.13 Å². The Morgan fingerprint density at radius 1 is 0.647 bits per heavy atom. The van der Waals surface area contributed by atoms with Gasteiger partial charge < -0.3 is 34.5 Å². The molecule has 2 heterocycles. The van der Waals surface area contributed by atoms with Gasteiger partial charge in [-0.3, -0.25) is 0 Å². The summed E-state index contributed by atoms with van der Waals surface area (Å²) >= 11 is 20.5. The average molecular weight is 889 g/mol. The van der Waals surface area contributed by atoms with Gasteiger partial charge in [0.05, 0.1) is 14.1 Å². The predicted octanol–water partition coefficient (Wildman–Crippen LogP) is 7.07. The Hall–Kier alpha value is -0.0101. The quantitative estimate of drug-likeness (QED) is 0.133. The summed E-state index contributed by atoms with van der Waals surface area (Å²) in [5, 5.41) is 0. The van der Waals surface area contributed by atoms with E-state index in [1.807, 2.05) is 32.4 Å². The van der Waals surface area contributed by atoms with Crippen molar-refractivity contribution in [1.82, 2.24) is 9.13 Å². The summed E-state index contributed by atoms with van der Waals surface area (Å²) < 4.78 is 91.4. The molecule has 0 aromatic carbocycles. The third kappa shape index (κ3) is 14.5. The van der Waals surface area contributed by atoms with E-state index in [0.717, 1.165) is 27.9 Å². The molecule has 20 heteroatoms. The van der Waals surface area contributed by atoms with Crippen LogP contribution in [0.25, 0.3) is 0 Å². The maximum absolute atomic E-state index is 9.75. The second kappa shape index (κ2) is 16.0. The highest BCUT2D eigenvalue weighted by molar-refractivity contribution is 9.13. The first-order valence-electron chi connectivity index (χ1n) is 7.98. The molecule has 2 aromatic heterocycles. The van der Waals surface area contributed by atoms with Crippen LogP contribution in [0.3, 0.4) is 0 Å². The molecule has 0 aliphatic heterocycles. The summed E-state index contributed by atoms with van der Waals surface area (Å²) in [7, 11) is -8.13. The number of nitrogens with zero attached hydrogens (tertiary/aromatic N) is 4. The lowest BCUT2D eigenvalue weighted by molar-refractivity contribution is -0.693. The van der Waals surface area contributed by atoms with Crippen molar-refractivity contribution >= 4 is 110 Å². The Bertz CT molecular complexity index is 895. The summed E-state index contributed by atoms with van der Waals surface area (Å²) in [4.78, 5) is 0. The summed E-state index contributed by atoms with van der Waals surface area (Å²) in [5.41, 5.74) is 0. The summed E-state index contributed by atoms with van der Waals surface area (Å²) in [6.45, 7) is 1.08. The molecule has 0 amide bonds. The lowest BCUT2D eigenvalue weighted by Gasteiger charge is -1.94. The van der Waals surface area contributed by atoms with E-state index in [4.69, 9.17) is 12.8 Å². The Labute approximate surface area is 240 Å². The number of imidazole rings is 2. The van der Waals surface area contributed by atoms with Gasteiger partial charge in [0.1, 0.15) is 0 Å². The maximum Gasteiger partial charge on any atom is 0.673 e. The summed E-state index contributed by atoms with van der Waals surface area (Å²) in [5.74, 6) is 5.15. The first-order valence-corrected chi connectivity index (χ1v) is 12.7. The van der Waals surface area contributed by atoms with Crippen molar-refractivity contribution in [1.29, 1.82) is 0 Å². The molecule has 0 aliphatic rings. The van der Waals surface area contributed by atoms with Crippen molar-refractivity contribution in [3.63, 3.8) is 0 Å². The zero-order chi connectivity index (χ0) is 27.6. The van der Waals surface area contributed by atoms with Gasteiger partial charge in [-0.1, -0.05) is 11.8 Å². The van der Waals surface area contributed by atoms with E-state index >= 15 is 0 Å². The molecule has 34 heavy (non-hydrogen) atoms. The molecule has 0 fully saturated rings. The molecule has 0 radical (unpaired) electrons. The van der Waals surface area contributed by atoms with Crippen LogP contribution >= 0.6 is 95.6 Å². The minimum atomic E-state index is -6.00. The molecule has 4 nitrogen and oxygen atoms in total. The molecule has 2 rings (SSSR count). The number of hydrogen-bond donors (Lipinski definition) is 0. The molecular formula is C14H12B2Br6F8N4. The van der Waals surface area contributed by atoms with Crippen LogP contribution in [0.15, 0.2) is 27.9 Å². The predicted molar refractivity (Wildman–Crippen MR) is 135 cm³/mol. The first-order chi connectivity index (χ1) is 15.2. The Kier molecular flexibility index (Phi) is 17.0. The lowest BCUT2D eigenvalue weighted by atomic mass is 10.3. The largest absolute Gasteiger partial charge is 0.673 e. The van der Waals surface area contributed by atoms with Crippen LogP contribution in [-0.2, 0) is 27.2 Å². The molecule has 0 aliphatic carbocycles. The monoisotopic (exact) mass is 884 g/mol. The van der Waals surface area contributed by atoms with E-state index in [1.165, 1.54) is 0 Å². The van der Waals surface area contributed by atoms with Crippen molar-refractivity contribution in [2.45, 2.75) is 13.1 Å². The number of rotatable bonds is 2. The van der Waals surface area contributed by atoms with Gasteiger partial charge in [0.2, 0.25) is 18.4 Å². The molecule has 0 saturated heterocycles. The Morgan fingerprint density at radius 3 is 0.971 bits per heavy atom.